The molecule has 0 unspecified atom stereocenters. The highest BCUT2D eigenvalue weighted by Gasteiger charge is 2.19. The highest BCUT2D eigenvalue weighted by atomic mass is 19.1. The van der Waals surface area contributed by atoms with Crippen LogP contribution >= 0.6 is 0 Å². The van der Waals surface area contributed by atoms with Crippen molar-refractivity contribution >= 4 is 5.69 Å². The van der Waals surface area contributed by atoms with E-state index < -0.39 is 11.6 Å². The van der Waals surface area contributed by atoms with Gasteiger partial charge >= 0.3 is 0 Å². The van der Waals surface area contributed by atoms with E-state index in [4.69, 9.17) is 5.73 Å². The van der Waals surface area contributed by atoms with Crippen molar-refractivity contribution in [3.05, 3.63) is 29.3 Å². The van der Waals surface area contributed by atoms with Crippen LogP contribution in [0.1, 0.15) is 45.6 Å². The van der Waals surface area contributed by atoms with Crippen LogP contribution < -0.4 is 10.6 Å². The molecule has 4 heteroatoms. The van der Waals surface area contributed by atoms with Crippen molar-refractivity contribution in [2.45, 2.75) is 52.6 Å². The molecule has 0 aromatic heterocycles. The number of unbranched alkanes of at least 4 members (excludes halogenated alkanes) is 2. The molecule has 1 rings (SSSR count). The van der Waals surface area contributed by atoms with E-state index in [-0.39, 0.29) is 18.3 Å². The number of anilines is 1. The predicted octanol–water partition coefficient (Wildman–Crippen LogP) is 3.83. The van der Waals surface area contributed by atoms with Crippen molar-refractivity contribution in [1.29, 1.82) is 0 Å². The molecule has 108 valence electrons. The fourth-order valence-corrected chi connectivity index (χ4v) is 2.17. The van der Waals surface area contributed by atoms with Crippen LogP contribution in [0.5, 0.6) is 0 Å². The van der Waals surface area contributed by atoms with Crippen LogP contribution in [0.25, 0.3) is 0 Å². The maximum absolute atomic E-state index is 14.1. The largest absolute Gasteiger partial charge is 0.364 e. The van der Waals surface area contributed by atoms with E-state index in [9.17, 15) is 8.78 Å². The molecule has 0 atom stereocenters. The quantitative estimate of drug-likeness (QED) is 0.763. The van der Waals surface area contributed by atoms with Gasteiger partial charge < -0.3 is 10.6 Å². The molecule has 0 spiro atoms. The molecule has 1 aromatic rings. The number of benzene rings is 1. The highest BCUT2D eigenvalue weighted by molar-refractivity contribution is 5.51. The summed E-state index contributed by atoms with van der Waals surface area (Å²) >= 11 is 0. The van der Waals surface area contributed by atoms with E-state index in [0.717, 1.165) is 19.3 Å². The lowest BCUT2D eigenvalue weighted by molar-refractivity contribution is 0.543. The van der Waals surface area contributed by atoms with Gasteiger partial charge in [0.1, 0.15) is 17.3 Å². The second-order valence-corrected chi connectivity index (χ2v) is 5.11. The van der Waals surface area contributed by atoms with Gasteiger partial charge in [-0.25, -0.2) is 8.78 Å². The van der Waals surface area contributed by atoms with Gasteiger partial charge in [0.25, 0.3) is 0 Å². The van der Waals surface area contributed by atoms with Crippen molar-refractivity contribution < 1.29 is 8.78 Å². The van der Waals surface area contributed by atoms with E-state index >= 15 is 0 Å². The highest BCUT2D eigenvalue weighted by Crippen LogP contribution is 2.27. The summed E-state index contributed by atoms with van der Waals surface area (Å²) in [5.74, 6) is -1.05. The van der Waals surface area contributed by atoms with Crippen molar-refractivity contribution in [2.75, 3.05) is 11.4 Å². The Balaban J connectivity index is 3.01. The van der Waals surface area contributed by atoms with E-state index in [0.29, 0.717) is 12.1 Å². The van der Waals surface area contributed by atoms with Crippen LogP contribution in [-0.2, 0) is 6.54 Å². The van der Waals surface area contributed by atoms with E-state index in [1.807, 2.05) is 13.8 Å². The first-order valence-corrected chi connectivity index (χ1v) is 6.95. The van der Waals surface area contributed by atoms with Crippen LogP contribution in [0.15, 0.2) is 12.1 Å². The van der Waals surface area contributed by atoms with Gasteiger partial charge in [-0.15, -0.1) is 0 Å². The topological polar surface area (TPSA) is 29.3 Å². The molecule has 0 aliphatic rings. The summed E-state index contributed by atoms with van der Waals surface area (Å²) in [5.41, 5.74) is 5.98. The molecular formula is C15H24F2N2. The van der Waals surface area contributed by atoms with Crippen molar-refractivity contribution in [2.24, 2.45) is 5.73 Å². The maximum Gasteiger partial charge on any atom is 0.149 e. The lowest BCUT2D eigenvalue weighted by Gasteiger charge is -2.30. The van der Waals surface area contributed by atoms with Gasteiger partial charge in [0.2, 0.25) is 0 Å². The normalized spacial score (nSPS) is 11.1. The van der Waals surface area contributed by atoms with E-state index in [2.05, 4.69) is 6.92 Å². The number of halogens is 2. The van der Waals surface area contributed by atoms with Crippen LogP contribution in [0.4, 0.5) is 14.5 Å². The lowest BCUT2D eigenvalue weighted by Crippen LogP contribution is -2.33. The van der Waals surface area contributed by atoms with E-state index in [1.54, 1.807) is 4.90 Å². The van der Waals surface area contributed by atoms with Crippen LogP contribution in [0.2, 0.25) is 0 Å². The molecule has 0 saturated heterocycles. The van der Waals surface area contributed by atoms with Gasteiger partial charge in [-0.05, 0) is 38.0 Å². The molecule has 0 fully saturated rings. The number of nitrogens with zero attached hydrogens (tertiary/aromatic N) is 1. The molecule has 2 nitrogen and oxygen atoms in total. The summed E-state index contributed by atoms with van der Waals surface area (Å²) in [6, 6.07) is 2.71. The number of hydrogen-bond acceptors (Lipinski definition) is 2. The van der Waals surface area contributed by atoms with Gasteiger partial charge in [-0.3, -0.25) is 0 Å². The predicted molar refractivity (Wildman–Crippen MR) is 76.3 cm³/mol. The smallest absolute Gasteiger partial charge is 0.149 e. The Morgan fingerprint density at radius 3 is 2.16 bits per heavy atom. The molecule has 2 N–H and O–H groups in total. The molecule has 19 heavy (non-hydrogen) atoms. The minimum atomic E-state index is -0.523. The summed E-state index contributed by atoms with van der Waals surface area (Å²) in [7, 11) is 0. The van der Waals surface area contributed by atoms with Gasteiger partial charge in [0.15, 0.2) is 0 Å². The summed E-state index contributed by atoms with van der Waals surface area (Å²) < 4.78 is 28.2. The molecular weight excluding hydrogens is 246 g/mol. The Labute approximate surface area is 114 Å². The third kappa shape index (κ3) is 4.16. The zero-order valence-corrected chi connectivity index (χ0v) is 12.0. The molecule has 0 saturated carbocycles. The fraction of sp³-hybridized carbons (Fsp3) is 0.600. The molecule has 1 aromatic carbocycles. The second kappa shape index (κ2) is 7.43. The summed E-state index contributed by atoms with van der Waals surface area (Å²) in [6.07, 6.45) is 3.09. The summed E-state index contributed by atoms with van der Waals surface area (Å²) in [4.78, 5) is 1.79. The molecule has 0 radical (unpaired) electrons. The Bertz CT molecular complexity index is 382. The van der Waals surface area contributed by atoms with Crippen LogP contribution in [-0.4, -0.2) is 12.6 Å². The average Bonchev–Trinajstić information content (AvgIpc) is 2.35. The zero-order chi connectivity index (χ0) is 14.4. The van der Waals surface area contributed by atoms with Gasteiger partial charge in [-0.1, -0.05) is 19.8 Å². The Morgan fingerprint density at radius 1 is 1.16 bits per heavy atom. The molecule has 0 heterocycles. The third-order valence-electron chi connectivity index (χ3n) is 3.23. The summed E-state index contributed by atoms with van der Waals surface area (Å²) in [5, 5.41) is 0. The van der Waals surface area contributed by atoms with Crippen molar-refractivity contribution in [1.82, 2.24) is 0 Å². The maximum atomic E-state index is 14.1. The second-order valence-electron chi connectivity index (χ2n) is 5.11. The van der Waals surface area contributed by atoms with Gasteiger partial charge in [0.05, 0.1) is 0 Å². The molecule has 0 aliphatic heterocycles. The van der Waals surface area contributed by atoms with Crippen molar-refractivity contribution in [3.8, 4) is 0 Å². The first-order chi connectivity index (χ1) is 9.01. The number of hydrogen-bond donors (Lipinski definition) is 1. The number of nitrogens with two attached hydrogens (primary N) is 1. The monoisotopic (exact) mass is 270 g/mol. The Hall–Kier alpha value is -1.16. The lowest BCUT2D eigenvalue weighted by atomic mass is 10.1. The summed E-state index contributed by atoms with van der Waals surface area (Å²) in [6.45, 7) is 6.81. The molecule has 0 amide bonds. The SMILES string of the molecule is CCCCCN(c1c(F)cc(CN)cc1F)C(C)C. The van der Waals surface area contributed by atoms with Gasteiger partial charge in [0, 0.05) is 19.1 Å². The molecule has 0 aliphatic carbocycles. The van der Waals surface area contributed by atoms with Crippen LogP contribution in [0.3, 0.4) is 0 Å². The first-order valence-electron chi connectivity index (χ1n) is 6.95. The minimum Gasteiger partial charge on any atom is -0.364 e. The zero-order valence-electron chi connectivity index (χ0n) is 12.0. The Morgan fingerprint density at radius 2 is 1.74 bits per heavy atom. The van der Waals surface area contributed by atoms with Crippen molar-refractivity contribution in [3.63, 3.8) is 0 Å². The fourth-order valence-electron chi connectivity index (χ4n) is 2.17. The number of rotatable bonds is 7. The Kier molecular flexibility index (Phi) is 6.22. The standard InChI is InChI=1S/C15H24F2N2/c1-4-5-6-7-19(11(2)3)15-13(16)8-12(10-18)9-14(15)17/h8-9,11H,4-7,10,18H2,1-3H3. The van der Waals surface area contributed by atoms with E-state index in [1.165, 1.54) is 12.1 Å². The average molecular weight is 270 g/mol. The first kappa shape index (κ1) is 15.9. The third-order valence-corrected chi connectivity index (χ3v) is 3.23. The van der Waals surface area contributed by atoms with Gasteiger partial charge in [-0.2, -0.15) is 0 Å². The van der Waals surface area contributed by atoms with Crippen LogP contribution in [0, 0.1) is 11.6 Å². The molecule has 0 bridgehead atoms. The minimum absolute atomic E-state index is 0.0598.